The Kier molecular flexibility index (Phi) is 4.35. The van der Waals surface area contributed by atoms with Crippen molar-refractivity contribution in [2.24, 2.45) is 0 Å². The van der Waals surface area contributed by atoms with Crippen molar-refractivity contribution in [3.05, 3.63) is 24.3 Å². The number of esters is 1. The van der Waals surface area contributed by atoms with Gasteiger partial charge in [-0.15, -0.1) is 5.10 Å². The Hall–Kier alpha value is -2.09. The number of benzene rings is 1. The van der Waals surface area contributed by atoms with Crippen LogP contribution in [0.1, 0.15) is 0 Å². The average molecular weight is 280 g/mol. The highest BCUT2D eigenvalue weighted by atomic mass is 32.2. The monoisotopic (exact) mass is 280 g/mol. The summed E-state index contributed by atoms with van der Waals surface area (Å²) in [6.45, 7) is 0. The molecule has 0 saturated carbocycles. The zero-order chi connectivity index (χ0) is 13.7. The quantitative estimate of drug-likeness (QED) is 0.595. The molecule has 0 unspecified atom stereocenters. The molecule has 7 nitrogen and oxygen atoms in total. The lowest BCUT2D eigenvalue weighted by Gasteiger charge is -2.08. The van der Waals surface area contributed by atoms with Crippen molar-refractivity contribution in [1.82, 2.24) is 20.2 Å². The van der Waals surface area contributed by atoms with E-state index in [1.54, 1.807) is 7.11 Å². The van der Waals surface area contributed by atoms with Crippen LogP contribution in [0, 0.1) is 0 Å². The Morgan fingerprint density at radius 1 is 1.37 bits per heavy atom. The Labute approximate surface area is 113 Å². The number of ether oxygens (including phenoxy) is 2. The molecule has 19 heavy (non-hydrogen) atoms. The molecule has 1 aromatic carbocycles. The van der Waals surface area contributed by atoms with Gasteiger partial charge in [-0.2, -0.15) is 4.68 Å². The van der Waals surface area contributed by atoms with E-state index in [0.29, 0.717) is 16.6 Å². The highest BCUT2D eigenvalue weighted by molar-refractivity contribution is 7.99. The van der Waals surface area contributed by atoms with Gasteiger partial charge < -0.3 is 9.47 Å². The van der Waals surface area contributed by atoms with Crippen LogP contribution in [0.25, 0.3) is 5.69 Å². The molecule has 2 aromatic rings. The van der Waals surface area contributed by atoms with Crippen LogP contribution >= 0.6 is 11.8 Å². The van der Waals surface area contributed by atoms with Gasteiger partial charge in [-0.25, -0.2) is 0 Å². The molecule has 0 aliphatic carbocycles. The molecule has 8 heteroatoms. The summed E-state index contributed by atoms with van der Waals surface area (Å²) in [5, 5.41) is 11.9. The summed E-state index contributed by atoms with van der Waals surface area (Å²) in [6, 6.07) is 7.35. The zero-order valence-corrected chi connectivity index (χ0v) is 11.3. The van der Waals surface area contributed by atoms with Crippen molar-refractivity contribution in [2.45, 2.75) is 5.16 Å². The second kappa shape index (κ2) is 6.19. The third kappa shape index (κ3) is 3.02. The molecule has 0 aliphatic heterocycles. The van der Waals surface area contributed by atoms with E-state index >= 15 is 0 Å². The van der Waals surface area contributed by atoms with Crippen molar-refractivity contribution in [3.63, 3.8) is 0 Å². The van der Waals surface area contributed by atoms with Gasteiger partial charge >= 0.3 is 5.97 Å². The Bertz CT molecular complexity index is 573. The van der Waals surface area contributed by atoms with E-state index in [0.717, 1.165) is 0 Å². The maximum atomic E-state index is 11.1. The first kappa shape index (κ1) is 13.3. The Morgan fingerprint density at radius 3 is 2.89 bits per heavy atom. The average Bonchev–Trinajstić information content (AvgIpc) is 2.92. The van der Waals surface area contributed by atoms with Crippen LogP contribution in [0.5, 0.6) is 5.75 Å². The number of para-hydroxylation sites is 2. The highest BCUT2D eigenvalue weighted by Gasteiger charge is 2.14. The van der Waals surface area contributed by atoms with Gasteiger partial charge in [0.2, 0.25) is 5.16 Å². The van der Waals surface area contributed by atoms with Crippen molar-refractivity contribution in [1.29, 1.82) is 0 Å². The molecule has 1 heterocycles. The van der Waals surface area contributed by atoms with Gasteiger partial charge in [-0.05, 0) is 22.6 Å². The van der Waals surface area contributed by atoms with Gasteiger partial charge in [-0.1, -0.05) is 23.9 Å². The number of methoxy groups -OCH3 is 2. The molecule has 0 atom stereocenters. The van der Waals surface area contributed by atoms with E-state index in [1.165, 1.54) is 23.6 Å². The van der Waals surface area contributed by atoms with E-state index in [4.69, 9.17) is 4.74 Å². The van der Waals surface area contributed by atoms with E-state index in [2.05, 4.69) is 20.3 Å². The topological polar surface area (TPSA) is 79.1 Å². The van der Waals surface area contributed by atoms with Crippen LogP contribution in [-0.4, -0.2) is 46.1 Å². The van der Waals surface area contributed by atoms with E-state index < -0.39 is 0 Å². The maximum absolute atomic E-state index is 11.1. The van der Waals surface area contributed by atoms with Gasteiger partial charge in [0.25, 0.3) is 0 Å². The van der Waals surface area contributed by atoms with E-state index in [-0.39, 0.29) is 11.7 Å². The van der Waals surface area contributed by atoms with Crippen LogP contribution in [0.3, 0.4) is 0 Å². The van der Waals surface area contributed by atoms with Crippen molar-refractivity contribution < 1.29 is 14.3 Å². The minimum absolute atomic E-state index is 0.145. The number of tetrazole rings is 1. The summed E-state index contributed by atoms with van der Waals surface area (Å²) >= 11 is 1.20. The van der Waals surface area contributed by atoms with Gasteiger partial charge in [0.05, 0.1) is 20.0 Å². The minimum Gasteiger partial charge on any atom is -0.494 e. The fourth-order valence-electron chi connectivity index (χ4n) is 1.41. The zero-order valence-electron chi connectivity index (χ0n) is 10.4. The maximum Gasteiger partial charge on any atom is 0.316 e. The molecular formula is C11H12N4O3S. The standard InChI is InChI=1S/C11H12N4O3S/c1-17-9-6-4-3-5-8(9)15-11(12-13-14-15)19-7-10(16)18-2/h3-6H,7H2,1-2H3. The largest absolute Gasteiger partial charge is 0.494 e. The molecule has 0 bridgehead atoms. The lowest BCUT2D eigenvalue weighted by Crippen LogP contribution is -2.06. The number of thioether (sulfide) groups is 1. The fourth-order valence-corrected chi connectivity index (χ4v) is 2.12. The lowest BCUT2D eigenvalue weighted by atomic mass is 10.3. The van der Waals surface area contributed by atoms with Crippen LogP contribution in [0.15, 0.2) is 29.4 Å². The number of rotatable bonds is 5. The molecule has 0 spiro atoms. The van der Waals surface area contributed by atoms with Crippen LogP contribution in [0.4, 0.5) is 0 Å². The van der Waals surface area contributed by atoms with Gasteiger partial charge in [0.15, 0.2) is 0 Å². The summed E-state index contributed by atoms with van der Waals surface area (Å²) in [5.74, 6) is 0.459. The van der Waals surface area contributed by atoms with Gasteiger partial charge in [-0.3, -0.25) is 4.79 Å². The molecule has 2 rings (SSSR count). The SMILES string of the molecule is COC(=O)CSc1nnnn1-c1ccccc1OC. The third-order valence-corrected chi connectivity index (χ3v) is 3.19. The summed E-state index contributed by atoms with van der Waals surface area (Å²) in [6.07, 6.45) is 0. The summed E-state index contributed by atoms with van der Waals surface area (Å²) < 4.78 is 11.4. The van der Waals surface area contributed by atoms with Crippen molar-refractivity contribution in [2.75, 3.05) is 20.0 Å². The van der Waals surface area contributed by atoms with Crippen LogP contribution in [0.2, 0.25) is 0 Å². The molecule has 0 aliphatic rings. The lowest BCUT2D eigenvalue weighted by molar-refractivity contribution is -0.137. The van der Waals surface area contributed by atoms with Crippen molar-refractivity contribution >= 4 is 17.7 Å². The molecule has 0 amide bonds. The summed E-state index contributed by atoms with van der Waals surface area (Å²) in [5.41, 5.74) is 0.711. The summed E-state index contributed by atoms with van der Waals surface area (Å²) in [7, 11) is 2.91. The van der Waals surface area contributed by atoms with E-state index in [9.17, 15) is 4.79 Å². The summed E-state index contributed by atoms with van der Waals surface area (Å²) in [4.78, 5) is 11.1. The number of carbonyl (C=O) groups excluding carboxylic acids is 1. The predicted molar refractivity (Wildman–Crippen MR) is 68.4 cm³/mol. The molecule has 0 fully saturated rings. The molecular weight excluding hydrogens is 268 g/mol. The first-order valence-electron chi connectivity index (χ1n) is 5.37. The smallest absolute Gasteiger partial charge is 0.316 e. The normalized spacial score (nSPS) is 10.2. The molecule has 0 N–H and O–H groups in total. The Morgan fingerprint density at radius 2 is 2.16 bits per heavy atom. The van der Waals surface area contributed by atoms with Crippen LogP contribution < -0.4 is 4.74 Å². The van der Waals surface area contributed by atoms with Crippen LogP contribution in [-0.2, 0) is 9.53 Å². The fraction of sp³-hybridized carbons (Fsp3) is 0.273. The number of aromatic nitrogens is 4. The second-order valence-electron chi connectivity index (χ2n) is 3.41. The van der Waals surface area contributed by atoms with Gasteiger partial charge in [0, 0.05) is 0 Å². The first-order valence-corrected chi connectivity index (χ1v) is 6.36. The third-order valence-electron chi connectivity index (χ3n) is 2.30. The number of carbonyl (C=O) groups is 1. The molecule has 0 radical (unpaired) electrons. The molecule has 0 saturated heterocycles. The predicted octanol–water partition coefficient (Wildman–Crippen LogP) is 0.936. The number of hydrogen-bond acceptors (Lipinski definition) is 7. The molecule has 100 valence electrons. The highest BCUT2D eigenvalue weighted by Crippen LogP contribution is 2.25. The number of nitrogens with zero attached hydrogens (tertiary/aromatic N) is 4. The number of hydrogen-bond donors (Lipinski definition) is 0. The second-order valence-corrected chi connectivity index (χ2v) is 4.35. The first-order chi connectivity index (χ1) is 9.26. The Balaban J connectivity index is 2.26. The van der Waals surface area contributed by atoms with Gasteiger partial charge in [0.1, 0.15) is 11.4 Å². The van der Waals surface area contributed by atoms with E-state index in [1.807, 2.05) is 24.3 Å². The minimum atomic E-state index is -0.334. The van der Waals surface area contributed by atoms with Crippen molar-refractivity contribution in [3.8, 4) is 11.4 Å². The molecule has 1 aromatic heterocycles.